The highest BCUT2D eigenvalue weighted by Gasteiger charge is 2.25. The zero-order valence-electron chi connectivity index (χ0n) is 12.1. The molecule has 1 atom stereocenters. The van der Waals surface area contributed by atoms with Crippen molar-refractivity contribution in [1.82, 2.24) is 0 Å². The summed E-state index contributed by atoms with van der Waals surface area (Å²) >= 11 is 0. The molecule has 0 saturated heterocycles. The van der Waals surface area contributed by atoms with Crippen LogP contribution in [0.5, 0.6) is 5.75 Å². The average molecular weight is 283 g/mol. The average Bonchev–Trinajstić information content (AvgIpc) is 2.54. The fourth-order valence-corrected chi connectivity index (χ4v) is 2.24. The van der Waals surface area contributed by atoms with Crippen LogP contribution in [-0.4, -0.2) is 6.61 Å². The molecule has 108 valence electrons. The summed E-state index contributed by atoms with van der Waals surface area (Å²) in [5, 5.41) is 9.45. The van der Waals surface area contributed by atoms with Gasteiger partial charge >= 0.3 is 0 Å². The lowest BCUT2D eigenvalue weighted by atomic mass is 9.80. The highest BCUT2D eigenvalue weighted by Crippen LogP contribution is 2.28. The van der Waals surface area contributed by atoms with Gasteiger partial charge in [0.1, 0.15) is 0 Å². The van der Waals surface area contributed by atoms with E-state index in [1.165, 1.54) is 6.07 Å². The SMILES string of the molecule is CC(C#N)(CCCOc1ccccc1F)c1ccccc1. The van der Waals surface area contributed by atoms with Crippen molar-refractivity contribution in [1.29, 1.82) is 5.26 Å². The number of nitrogens with zero attached hydrogens (tertiary/aromatic N) is 1. The van der Waals surface area contributed by atoms with Crippen molar-refractivity contribution in [2.24, 2.45) is 0 Å². The van der Waals surface area contributed by atoms with Gasteiger partial charge in [-0.05, 0) is 37.5 Å². The predicted octanol–water partition coefficient (Wildman–Crippen LogP) is 4.47. The van der Waals surface area contributed by atoms with E-state index in [1.54, 1.807) is 18.2 Å². The molecule has 2 aromatic carbocycles. The van der Waals surface area contributed by atoms with Gasteiger partial charge in [0.25, 0.3) is 0 Å². The zero-order chi connectivity index (χ0) is 15.1. The summed E-state index contributed by atoms with van der Waals surface area (Å²) in [7, 11) is 0. The number of halogens is 1. The number of hydrogen-bond acceptors (Lipinski definition) is 2. The molecular weight excluding hydrogens is 265 g/mol. The molecule has 2 rings (SSSR count). The number of rotatable bonds is 6. The van der Waals surface area contributed by atoms with Gasteiger partial charge in [-0.1, -0.05) is 42.5 Å². The van der Waals surface area contributed by atoms with E-state index in [4.69, 9.17) is 4.74 Å². The van der Waals surface area contributed by atoms with Gasteiger partial charge in [-0.25, -0.2) is 4.39 Å². The Morgan fingerprint density at radius 2 is 1.76 bits per heavy atom. The van der Waals surface area contributed by atoms with Crippen molar-refractivity contribution < 1.29 is 9.13 Å². The van der Waals surface area contributed by atoms with Gasteiger partial charge < -0.3 is 4.74 Å². The Bertz CT molecular complexity index is 621. The van der Waals surface area contributed by atoms with Gasteiger partial charge in [0, 0.05) is 0 Å². The Morgan fingerprint density at radius 3 is 2.43 bits per heavy atom. The second-order valence-corrected chi connectivity index (χ2v) is 5.19. The highest BCUT2D eigenvalue weighted by molar-refractivity contribution is 5.31. The lowest BCUT2D eigenvalue weighted by Crippen LogP contribution is -2.20. The lowest BCUT2D eigenvalue weighted by Gasteiger charge is -2.22. The van der Waals surface area contributed by atoms with E-state index >= 15 is 0 Å². The zero-order valence-corrected chi connectivity index (χ0v) is 12.1. The Kier molecular flexibility index (Phi) is 4.94. The number of para-hydroxylation sites is 1. The van der Waals surface area contributed by atoms with Crippen LogP contribution in [0.3, 0.4) is 0 Å². The third kappa shape index (κ3) is 3.82. The fraction of sp³-hybridized carbons (Fsp3) is 0.278. The minimum Gasteiger partial charge on any atom is -0.491 e. The van der Waals surface area contributed by atoms with E-state index in [0.29, 0.717) is 19.4 Å². The molecule has 2 aromatic rings. The van der Waals surface area contributed by atoms with E-state index in [0.717, 1.165) is 5.56 Å². The van der Waals surface area contributed by atoms with Crippen molar-refractivity contribution in [3.05, 3.63) is 66.0 Å². The van der Waals surface area contributed by atoms with Crippen LogP contribution in [0, 0.1) is 17.1 Å². The second kappa shape index (κ2) is 6.90. The largest absolute Gasteiger partial charge is 0.491 e. The smallest absolute Gasteiger partial charge is 0.165 e. The first-order valence-corrected chi connectivity index (χ1v) is 7.00. The van der Waals surface area contributed by atoms with Crippen LogP contribution < -0.4 is 4.74 Å². The maximum absolute atomic E-state index is 13.4. The van der Waals surface area contributed by atoms with Crippen LogP contribution in [0.1, 0.15) is 25.3 Å². The first-order chi connectivity index (χ1) is 10.2. The van der Waals surface area contributed by atoms with Crippen LogP contribution >= 0.6 is 0 Å². The Morgan fingerprint density at radius 1 is 1.10 bits per heavy atom. The third-order valence-electron chi connectivity index (χ3n) is 3.57. The Balaban J connectivity index is 1.90. The molecule has 0 aromatic heterocycles. The van der Waals surface area contributed by atoms with Crippen molar-refractivity contribution in [2.45, 2.75) is 25.2 Å². The maximum atomic E-state index is 13.4. The molecule has 0 N–H and O–H groups in total. The number of nitriles is 1. The van der Waals surface area contributed by atoms with Gasteiger partial charge in [0.2, 0.25) is 0 Å². The summed E-state index contributed by atoms with van der Waals surface area (Å²) in [5.41, 5.74) is 0.457. The third-order valence-corrected chi connectivity index (χ3v) is 3.57. The van der Waals surface area contributed by atoms with Crippen molar-refractivity contribution in [3.63, 3.8) is 0 Å². The molecular formula is C18H18FNO. The van der Waals surface area contributed by atoms with E-state index in [1.807, 2.05) is 37.3 Å². The summed E-state index contributed by atoms with van der Waals surface area (Å²) in [6.45, 7) is 2.32. The minimum absolute atomic E-state index is 0.260. The van der Waals surface area contributed by atoms with Gasteiger partial charge in [-0.3, -0.25) is 0 Å². The Hall–Kier alpha value is -2.34. The van der Waals surface area contributed by atoms with Crippen LogP contribution in [0.25, 0.3) is 0 Å². The minimum atomic E-state index is -0.542. The Labute approximate surface area is 124 Å². The highest BCUT2D eigenvalue weighted by atomic mass is 19.1. The van der Waals surface area contributed by atoms with Gasteiger partial charge in [-0.15, -0.1) is 0 Å². The molecule has 0 heterocycles. The quantitative estimate of drug-likeness (QED) is 0.733. The normalized spacial score (nSPS) is 13.2. The van der Waals surface area contributed by atoms with E-state index in [9.17, 15) is 9.65 Å². The second-order valence-electron chi connectivity index (χ2n) is 5.19. The number of benzene rings is 2. The molecule has 0 aliphatic rings. The van der Waals surface area contributed by atoms with Gasteiger partial charge in [0.15, 0.2) is 11.6 Å². The molecule has 0 fully saturated rings. The first kappa shape index (κ1) is 15.1. The van der Waals surface area contributed by atoms with E-state index in [2.05, 4.69) is 6.07 Å². The number of ether oxygens (including phenoxy) is 1. The molecule has 0 bridgehead atoms. The van der Waals surface area contributed by atoms with E-state index in [-0.39, 0.29) is 11.6 Å². The molecule has 0 aliphatic carbocycles. The molecule has 0 radical (unpaired) electrons. The van der Waals surface area contributed by atoms with Crippen LogP contribution in [0.4, 0.5) is 4.39 Å². The fourth-order valence-electron chi connectivity index (χ4n) is 2.24. The molecule has 21 heavy (non-hydrogen) atoms. The van der Waals surface area contributed by atoms with Gasteiger partial charge in [0.05, 0.1) is 18.1 Å². The molecule has 1 unspecified atom stereocenters. The summed E-state index contributed by atoms with van der Waals surface area (Å²) in [6.07, 6.45) is 1.36. The van der Waals surface area contributed by atoms with Gasteiger partial charge in [-0.2, -0.15) is 5.26 Å². The monoisotopic (exact) mass is 283 g/mol. The van der Waals surface area contributed by atoms with Crippen LogP contribution in [0.15, 0.2) is 54.6 Å². The standard InChI is InChI=1S/C18H18FNO/c1-18(14-20,15-8-3-2-4-9-15)12-7-13-21-17-11-6-5-10-16(17)19/h2-6,8-11H,7,12-13H2,1H3. The summed E-state index contributed by atoms with van der Waals surface area (Å²) in [4.78, 5) is 0. The van der Waals surface area contributed by atoms with Crippen molar-refractivity contribution in [3.8, 4) is 11.8 Å². The molecule has 0 spiro atoms. The lowest BCUT2D eigenvalue weighted by molar-refractivity contribution is 0.282. The van der Waals surface area contributed by atoms with E-state index < -0.39 is 5.41 Å². The summed E-state index contributed by atoms with van der Waals surface area (Å²) in [6, 6.07) is 18.4. The molecule has 0 saturated carbocycles. The van der Waals surface area contributed by atoms with Crippen molar-refractivity contribution in [2.75, 3.05) is 6.61 Å². The molecule has 0 aliphatic heterocycles. The molecule has 0 amide bonds. The molecule has 2 nitrogen and oxygen atoms in total. The first-order valence-electron chi connectivity index (χ1n) is 7.00. The maximum Gasteiger partial charge on any atom is 0.165 e. The van der Waals surface area contributed by atoms with Crippen LogP contribution in [-0.2, 0) is 5.41 Å². The van der Waals surface area contributed by atoms with Crippen LogP contribution in [0.2, 0.25) is 0 Å². The van der Waals surface area contributed by atoms with Crippen molar-refractivity contribution >= 4 is 0 Å². The molecule has 3 heteroatoms. The number of hydrogen-bond donors (Lipinski definition) is 0. The summed E-state index contributed by atoms with van der Waals surface area (Å²) in [5.74, 6) is -0.0977. The predicted molar refractivity (Wildman–Crippen MR) is 80.5 cm³/mol. The topological polar surface area (TPSA) is 33.0 Å². The summed E-state index contributed by atoms with van der Waals surface area (Å²) < 4.78 is 18.8.